The number of esters is 1. The fourth-order valence-corrected chi connectivity index (χ4v) is 7.18. The topological polar surface area (TPSA) is 103 Å². The van der Waals surface area contributed by atoms with Gasteiger partial charge in [-0.15, -0.1) is 11.3 Å². The first kappa shape index (κ1) is 28.8. The molecule has 1 atom stereocenters. The highest BCUT2D eigenvalue weighted by Gasteiger charge is 2.33. The van der Waals surface area contributed by atoms with E-state index in [9.17, 15) is 14.9 Å². The predicted octanol–water partition coefficient (Wildman–Crippen LogP) is 4.92. The van der Waals surface area contributed by atoms with E-state index in [1.807, 2.05) is 41.8 Å². The molecule has 8 nitrogen and oxygen atoms in total. The maximum absolute atomic E-state index is 13.8. The predicted molar refractivity (Wildman–Crippen MR) is 166 cm³/mol. The summed E-state index contributed by atoms with van der Waals surface area (Å²) in [5.74, 6) is 0.572. The van der Waals surface area contributed by atoms with Crippen LogP contribution in [0.25, 0.3) is 6.08 Å². The molecule has 5 rings (SSSR count). The van der Waals surface area contributed by atoms with Gasteiger partial charge in [0, 0.05) is 10.4 Å². The molecule has 4 aromatic rings. The van der Waals surface area contributed by atoms with Crippen molar-refractivity contribution in [2.24, 2.45) is 4.99 Å². The van der Waals surface area contributed by atoms with Crippen LogP contribution in [-0.2, 0) is 16.1 Å². The van der Waals surface area contributed by atoms with Gasteiger partial charge < -0.3 is 14.2 Å². The van der Waals surface area contributed by atoms with E-state index in [1.54, 1.807) is 43.7 Å². The number of ether oxygens (including phenoxy) is 3. The molecule has 0 amide bonds. The zero-order chi connectivity index (χ0) is 29.1. The Morgan fingerprint density at radius 2 is 2.05 bits per heavy atom. The SMILES string of the molecule is CCOC(=O)C1=C(C)N=c2s/c(=C/c3cc(I)c(OCc4ccccc4C#N)c(OC)c3)c(=O)n2[C@@H]1c1cccs1. The fraction of sp³-hybridized carbons (Fsp3) is 0.200. The van der Waals surface area contributed by atoms with Gasteiger partial charge in [-0.2, -0.15) is 5.26 Å². The molecule has 1 aliphatic heterocycles. The summed E-state index contributed by atoms with van der Waals surface area (Å²) in [6.07, 6.45) is 1.79. The van der Waals surface area contributed by atoms with E-state index in [2.05, 4.69) is 33.7 Å². The highest BCUT2D eigenvalue weighted by Crippen LogP contribution is 2.35. The van der Waals surface area contributed by atoms with Crippen molar-refractivity contribution in [2.45, 2.75) is 26.5 Å². The van der Waals surface area contributed by atoms with Gasteiger partial charge in [-0.1, -0.05) is 35.6 Å². The third-order valence-electron chi connectivity index (χ3n) is 6.39. The van der Waals surface area contributed by atoms with Crippen LogP contribution < -0.4 is 24.4 Å². The molecule has 0 saturated heterocycles. The number of thiazole rings is 1. The quantitative estimate of drug-likeness (QED) is 0.191. The largest absolute Gasteiger partial charge is 0.493 e. The Morgan fingerprint density at radius 1 is 1.24 bits per heavy atom. The van der Waals surface area contributed by atoms with E-state index in [0.717, 1.165) is 19.6 Å². The van der Waals surface area contributed by atoms with Gasteiger partial charge in [0.2, 0.25) is 0 Å². The lowest BCUT2D eigenvalue weighted by molar-refractivity contribution is -0.139. The Bertz CT molecular complexity index is 1880. The number of methoxy groups -OCH3 is 1. The maximum atomic E-state index is 13.8. The van der Waals surface area contributed by atoms with Gasteiger partial charge in [0.1, 0.15) is 12.6 Å². The molecule has 208 valence electrons. The molecule has 2 aromatic heterocycles. The van der Waals surface area contributed by atoms with E-state index in [1.165, 1.54) is 22.7 Å². The highest BCUT2D eigenvalue weighted by atomic mass is 127. The Kier molecular flexibility index (Phi) is 8.72. The number of rotatable bonds is 8. The molecule has 0 fully saturated rings. The van der Waals surface area contributed by atoms with Crippen LogP contribution >= 0.6 is 45.3 Å². The second-order valence-electron chi connectivity index (χ2n) is 8.91. The van der Waals surface area contributed by atoms with Crippen LogP contribution in [-0.4, -0.2) is 24.3 Å². The number of carbonyl (C=O) groups excluding carboxylic acids is 1. The molecule has 1 aliphatic rings. The number of benzene rings is 2. The number of fused-ring (bicyclic) bond motifs is 1. The lowest BCUT2D eigenvalue weighted by Crippen LogP contribution is -2.39. The number of nitriles is 1. The van der Waals surface area contributed by atoms with Crippen molar-refractivity contribution >= 4 is 57.3 Å². The summed E-state index contributed by atoms with van der Waals surface area (Å²) in [6.45, 7) is 3.95. The number of carbonyl (C=O) groups is 1. The summed E-state index contributed by atoms with van der Waals surface area (Å²) < 4.78 is 19.9. The van der Waals surface area contributed by atoms with Gasteiger partial charge in [-0.25, -0.2) is 9.79 Å². The second kappa shape index (κ2) is 12.4. The number of allylic oxidation sites excluding steroid dienone is 1. The summed E-state index contributed by atoms with van der Waals surface area (Å²) in [4.78, 5) is 32.8. The minimum absolute atomic E-state index is 0.207. The summed E-state index contributed by atoms with van der Waals surface area (Å²) in [6, 6.07) is 16.3. The second-order valence-corrected chi connectivity index (χ2v) is 12.1. The molecule has 11 heteroatoms. The van der Waals surface area contributed by atoms with Crippen molar-refractivity contribution in [2.75, 3.05) is 13.7 Å². The Morgan fingerprint density at radius 3 is 2.76 bits per heavy atom. The van der Waals surface area contributed by atoms with E-state index < -0.39 is 12.0 Å². The number of hydrogen-bond donors (Lipinski definition) is 0. The van der Waals surface area contributed by atoms with Gasteiger partial charge in [0.05, 0.1) is 44.7 Å². The molecule has 0 radical (unpaired) electrons. The van der Waals surface area contributed by atoms with Crippen LogP contribution in [0.5, 0.6) is 11.5 Å². The third kappa shape index (κ3) is 5.72. The minimum Gasteiger partial charge on any atom is -0.493 e. The van der Waals surface area contributed by atoms with Crippen LogP contribution in [0.15, 0.2) is 75.0 Å². The average molecular weight is 698 g/mol. The minimum atomic E-state index is -0.616. The summed E-state index contributed by atoms with van der Waals surface area (Å²) in [7, 11) is 1.56. The number of aromatic nitrogens is 1. The number of hydrogen-bond acceptors (Lipinski definition) is 9. The lowest BCUT2D eigenvalue weighted by atomic mass is 10.0. The normalized spacial score (nSPS) is 14.7. The van der Waals surface area contributed by atoms with Crippen LogP contribution in [0.1, 0.15) is 41.5 Å². The molecule has 0 N–H and O–H groups in total. The first-order valence-corrected chi connectivity index (χ1v) is 15.3. The van der Waals surface area contributed by atoms with Crippen LogP contribution in [0, 0.1) is 14.9 Å². The van der Waals surface area contributed by atoms with Crippen molar-refractivity contribution in [1.82, 2.24) is 4.57 Å². The zero-order valence-corrected chi connectivity index (χ0v) is 26.1. The molecule has 2 aromatic carbocycles. The first-order chi connectivity index (χ1) is 19.9. The molecule has 41 heavy (non-hydrogen) atoms. The maximum Gasteiger partial charge on any atom is 0.338 e. The molecular weight excluding hydrogens is 673 g/mol. The number of thiophene rings is 1. The molecule has 0 saturated carbocycles. The summed E-state index contributed by atoms with van der Waals surface area (Å²) in [5.41, 5.74) is 2.72. The van der Waals surface area contributed by atoms with E-state index in [4.69, 9.17) is 14.2 Å². The number of nitrogens with zero attached hydrogens (tertiary/aromatic N) is 3. The Labute approximate surface area is 257 Å². The zero-order valence-electron chi connectivity index (χ0n) is 22.3. The van der Waals surface area contributed by atoms with Gasteiger partial charge in [0.25, 0.3) is 5.56 Å². The van der Waals surface area contributed by atoms with Crippen molar-refractivity contribution < 1.29 is 19.0 Å². The molecule has 3 heterocycles. The van der Waals surface area contributed by atoms with Crippen LogP contribution in [0.3, 0.4) is 0 Å². The molecule has 0 unspecified atom stereocenters. The van der Waals surface area contributed by atoms with Gasteiger partial charge in [0.15, 0.2) is 16.3 Å². The van der Waals surface area contributed by atoms with E-state index in [0.29, 0.717) is 37.7 Å². The standard InChI is InChI=1S/C30H24IN3O5S2/c1-4-38-29(36)25-17(2)33-30-34(26(25)23-10-7-11-40-23)28(35)24(41-30)14-18-12-21(31)27(22(13-18)37-3)39-16-20-9-6-5-8-19(20)15-32/h5-14,26H,4,16H2,1-3H3/b24-14+/t26-/m1/s1. The van der Waals surface area contributed by atoms with Crippen molar-refractivity contribution in [3.8, 4) is 17.6 Å². The molecule has 0 spiro atoms. The molecule has 0 aliphatic carbocycles. The van der Waals surface area contributed by atoms with E-state index >= 15 is 0 Å². The van der Waals surface area contributed by atoms with Crippen molar-refractivity contribution in [3.63, 3.8) is 0 Å². The Balaban J connectivity index is 1.55. The smallest absolute Gasteiger partial charge is 0.338 e. The van der Waals surface area contributed by atoms with E-state index in [-0.39, 0.29) is 18.8 Å². The third-order valence-corrected chi connectivity index (χ3v) is 9.10. The molecule has 0 bridgehead atoms. The fourth-order valence-electron chi connectivity index (χ4n) is 4.53. The summed E-state index contributed by atoms with van der Waals surface area (Å²) in [5, 5.41) is 11.3. The van der Waals surface area contributed by atoms with Crippen LogP contribution in [0.2, 0.25) is 0 Å². The van der Waals surface area contributed by atoms with Crippen molar-refractivity contribution in [1.29, 1.82) is 5.26 Å². The monoisotopic (exact) mass is 697 g/mol. The average Bonchev–Trinajstić information content (AvgIpc) is 3.60. The first-order valence-electron chi connectivity index (χ1n) is 12.6. The number of halogens is 1. The van der Waals surface area contributed by atoms with Gasteiger partial charge in [-0.05, 0) is 77.7 Å². The van der Waals surface area contributed by atoms with Crippen LogP contribution in [0.4, 0.5) is 0 Å². The van der Waals surface area contributed by atoms with Gasteiger partial charge >= 0.3 is 5.97 Å². The molecular formula is C30H24IN3O5S2. The summed E-state index contributed by atoms with van der Waals surface area (Å²) >= 11 is 4.91. The highest BCUT2D eigenvalue weighted by molar-refractivity contribution is 14.1. The Hall–Kier alpha value is -3.73. The van der Waals surface area contributed by atoms with Gasteiger partial charge in [-0.3, -0.25) is 9.36 Å². The van der Waals surface area contributed by atoms with Crippen molar-refractivity contribution in [3.05, 3.63) is 110 Å². The lowest BCUT2D eigenvalue weighted by Gasteiger charge is -2.23.